The first-order valence-corrected chi connectivity index (χ1v) is 11.9. The monoisotopic (exact) mass is 498 g/mol. The lowest BCUT2D eigenvalue weighted by Crippen LogP contribution is -2.26. The van der Waals surface area contributed by atoms with Gasteiger partial charge in [-0.3, -0.25) is 9.59 Å². The van der Waals surface area contributed by atoms with Crippen molar-refractivity contribution in [2.45, 2.75) is 11.3 Å². The van der Waals surface area contributed by atoms with Crippen molar-refractivity contribution in [1.82, 2.24) is 5.32 Å². The van der Waals surface area contributed by atoms with Crippen molar-refractivity contribution in [3.05, 3.63) is 78.1 Å². The summed E-state index contributed by atoms with van der Waals surface area (Å²) in [5.41, 5.74) is 1.06. The summed E-state index contributed by atoms with van der Waals surface area (Å²) < 4.78 is 29.4. The highest BCUT2D eigenvalue weighted by atomic mass is 32.2. The molecule has 184 valence electrons. The van der Waals surface area contributed by atoms with Crippen molar-refractivity contribution in [2.24, 2.45) is 0 Å². The molecule has 0 saturated heterocycles. The van der Waals surface area contributed by atoms with Crippen LogP contribution in [0.5, 0.6) is 17.2 Å². The van der Waals surface area contributed by atoms with Crippen LogP contribution in [0.2, 0.25) is 0 Å². The molecule has 0 aliphatic carbocycles. The van der Waals surface area contributed by atoms with Crippen molar-refractivity contribution in [2.75, 3.05) is 38.4 Å². The topological polar surface area (TPSA) is 85.9 Å². The maximum Gasteiger partial charge on any atom is 0.252 e. The predicted molar refractivity (Wildman–Crippen MR) is 134 cm³/mol. The van der Waals surface area contributed by atoms with Crippen molar-refractivity contribution in [3.8, 4) is 17.2 Å². The highest BCUT2D eigenvalue weighted by Crippen LogP contribution is 2.30. The van der Waals surface area contributed by atoms with Crippen LogP contribution in [0.15, 0.2) is 71.6 Å². The number of para-hydroxylation sites is 1. The number of benzene rings is 3. The van der Waals surface area contributed by atoms with E-state index >= 15 is 0 Å². The molecule has 0 aromatic heterocycles. The van der Waals surface area contributed by atoms with Crippen molar-refractivity contribution >= 4 is 29.3 Å². The van der Waals surface area contributed by atoms with Gasteiger partial charge < -0.3 is 24.8 Å². The fourth-order valence-corrected chi connectivity index (χ4v) is 4.00. The fraction of sp³-hybridized carbons (Fsp3) is 0.231. The zero-order chi connectivity index (χ0) is 25.0. The number of halogens is 1. The van der Waals surface area contributed by atoms with Gasteiger partial charge in [-0.25, -0.2) is 4.39 Å². The third-order valence-electron chi connectivity index (χ3n) is 4.86. The van der Waals surface area contributed by atoms with Gasteiger partial charge in [0.2, 0.25) is 5.91 Å². The van der Waals surface area contributed by atoms with Crippen LogP contribution in [0.25, 0.3) is 0 Å². The van der Waals surface area contributed by atoms with E-state index in [0.29, 0.717) is 40.6 Å². The van der Waals surface area contributed by atoms with Gasteiger partial charge in [-0.2, -0.15) is 0 Å². The number of hydrogen-bond donors (Lipinski definition) is 2. The summed E-state index contributed by atoms with van der Waals surface area (Å²) in [7, 11) is 3.07. The van der Waals surface area contributed by atoms with Crippen LogP contribution in [0.4, 0.5) is 10.1 Å². The van der Waals surface area contributed by atoms with Gasteiger partial charge in [0.15, 0.2) is 23.1 Å². The highest BCUT2D eigenvalue weighted by Gasteiger charge is 2.13. The average Bonchev–Trinajstić information content (AvgIpc) is 2.88. The normalized spacial score (nSPS) is 10.4. The van der Waals surface area contributed by atoms with E-state index < -0.39 is 5.82 Å². The number of nitrogens with one attached hydrogen (secondary N) is 2. The van der Waals surface area contributed by atoms with Gasteiger partial charge in [-0.15, -0.1) is 11.8 Å². The molecule has 35 heavy (non-hydrogen) atoms. The van der Waals surface area contributed by atoms with Crippen LogP contribution in [-0.4, -0.2) is 44.9 Å². The van der Waals surface area contributed by atoms with Crippen molar-refractivity contribution in [1.29, 1.82) is 0 Å². The molecule has 2 N–H and O–H groups in total. The molecule has 0 heterocycles. The Kier molecular flexibility index (Phi) is 9.80. The molecular weight excluding hydrogens is 471 g/mol. The van der Waals surface area contributed by atoms with E-state index in [1.54, 1.807) is 61.7 Å². The van der Waals surface area contributed by atoms with Crippen LogP contribution >= 0.6 is 11.8 Å². The largest absolute Gasteiger partial charge is 0.493 e. The molecule has 9 heteroatoms. The molecule has 0 spiro atoms. The number of hydrogen-bond acceptors (Lipinski definition) is 6. The third kappa shape index (κ3) is 7.65. The second kappa shape index (κ2) is 13.2. The Labute approximate surface area is 208 Å². The smallest absolute Gasteiger partial charge is 0.252 e. The van der Waals surface area contributed by atoms with Crippen LogP contribution in [0.1, 0.15) is 16.8 Å². The summed E-state index contributed by atoms with van der Waals surface area (Å²) in [6.45, 7) is 0.639. The van der Waals surface area contributed by atoms with Gasteiger partial charge in [0.05, 0.1) is 32.1 Å². The van der Waals surface area contributed by atoms with E-state index in [1.807, 2.05) is 6.07 Å². The number of carbonyl (C=O) groups is 2. The Bertz CT molecular complexity index is 1160. The molecule has 0 aliphatic rings. The lowest BCUT2D eigenvalue weighted by atomic mass is 10.2. The lowest BCUT2D eigenvalue weighted by Gasteiger charge is -2.12. The van der Waals surface area contributed by atoms with Crippen LogP contribution < -0.4 is 24.8 Å². The average molecular weight is 499 g/mol. The van der Waals surface area contributed by atoms with Crippen LogP contribution in [0, 0.1) is 5.82 Å². The lowest BCUT2D eigenvalue weighted by molar-refractivity contribution is -0.113. The molecule has 3 aromatic rings. The molecule has 0 unspecified atom stereocenters. The maximum absolute atomic E-state index is 13.6. The molecular formula is C26H27FN2O5S. The number of rotatable bonds is 12. The quantitative estimate of drug-likeness (QED) is 0.276. The van der Waals surface area contributed by atoms with E-state index in [2.05, 4.69) is 10.6 Å². The number of anilines is 1. The molecule has 2 amide bonds. The maximum atomic E-state index is 13.6. The van der Waals surface area contributed by atoms with E-state index in [1.165, 1.54) is 24.9 Å². The first-order valence-electron chi connectivity index (χ1n) is 10.9. The number of ether oxygens (including phenoxy) is 3. The third-order valence-corrected chi connectivity index (χ3v) is 5.93. The first kappa shape index (κ1) is 25.9. The zero-order valence-electron chi connectivity index (χ0n) is 19.5. The van der Waals surface area contributed by atoms with Crippen molar-refractivity contribution < 1.29 is 28.2 Å². The minimum atomic E-state index is -0.419. The minimum Gasteiger partial charge on any atom is -0.493 e. The summed E-state index contributed by atoms with van der Waals surface area (Å²) in [5.74, 6) is 0.499. The number of amides is 2. The summed E-state index contributed by atoms with van der Waals surface area (Å²) in [6, 6.07) is 18.4. The molecule has 3 aromatic carbocycles. The first-order chi connectivity index (χ1) is 17.0. The van der Waals surface area contributed by atoms with Gasteiger partial charge in [-0.05, 0) is 42.8 Å². The van der Waals surface area contributed by atoms with Gasteiger partial charge in [0, 0.05) is 23.2 Å². The summed E-state index contributed by atoms with van der Waals surface area (Å²) in [4.78, 5) is 25.8. The molecule has 7 nitrogen and oxygen atoms in total. The SMILES string of the molecule is COc1ccc(NC(=O)CSc2ccccc2C(=O)NCCCOc2ccccc2F)cc1OC. The Morgan fingerprint density at radius 2 is 1.66 bits per heavy atom. The van der Waals surface area contributed by atoms with E-state index in [9.17, 15) is 14.0 Å². The van der Waals surface area contributed by atoms with E-state index in [0.717, 1.165) is 0 Å². The van der Waals surface area contributed by atoms with E-state index in [-0.39, 0.29) is 29.9 Å². The fourth-order valence-electron chi connectivity index (χ4n) is 3.15. The number of carbonyl (C=O) groups excluding carboxylic acids is 2. The second-order valence-corrected chi connectivity index (χ2v) is 8.31. The molecule has 0 saturated carbocycles. The Morgan fingerprint density at radius 1 is 0.914 bits per heavy atom. The van der Waals surface area contributed by atoms with Gasteiger partial charge in [0.1, 0.15) is 0 Å². The zero-order valence-corrected chi connectivity index (χ0v) is 20.3. The number of thioether (sulfide) groups is 1. The van der Waals surface area contributed by atoms with E-state index in [4.69, 9.17) is 14.2 Å². The molecule has 0 radical (unpaired) electrons. The second-order valence-electron chi connectivity index (χ2n) is 7.29. The Hall–Kier alpha value is -3.72. The molecule has 0 bridgehead atoms. The van der Waals surface area contributed by atoms with Gasteiger partial charge in [-0.1, -0.05) is 24.3 Å². The molecule has 0 atom stereocenters. The summed E-state index contributed by atoms with van der Waals surface area (Å²) >= 11 is 1.27. The highest BCUT2D eigenvalue weighted by molar-refractivity contribution is 8.00. The predicted octanol–water partition coefficient (Wildman–Crippen LogP) is 4.77. The Morgan fingerprint density at radius 3 is 2.43 bits per heavy atom. The van der Waals surface area contributed by atoms with Crippen LogP contribution in [0.3, 0.4) is 0 Å². The molecule has 0 fully saturated rings. The standard InChI is InChI=1S/C26H27FN2O5S/c1-32-22-13-12-18(16-23(22)33-2)29-25(30)17-35-24-11-6-3-8-19(24)26(31)28-14-7-15-34-21-10-5-4-9-20(21)27/h3-6,8-13,16H,7,14-15,17H2,1-2H3,(H,28,31)(H,29,30). The van der Waals surface area contributed by atoms with Crippen LogP contribution in [-0.2, 0) is 4.79 Å². The molecule has 0 aliphatic heterocycles. The minimum absolute atomic E-state index is 0.120. The van der Waals surface area contributed by atoms with Crippen molar-refractivity contribution in [3.63, 3.8) is 0 Å². The van der Waals surface area contributed by atoms with Gasteiger partial charge in [0.25, 0.3) is 5.91 Å². The summed E-state index contributed by atoms with van der Waals surface area (Å²) in [5, 5.41) is 5.66. The Balaban J connectivity index is 1.48. The summed E-state index contributed by atoms with van der Waals surface area (Å²) in [6.07, 6.45) is 0.517. The number of methoxy groups -OCH3 is 2. The molecule has 3 rings (SSSR count). The van der Waals surface area contributed by atoms with Gasteiger partial charge >= 0.3 is 0 Å².